The second-order valence-corrected chi connectivity index (χ2v) is 19.4. The van der Waals surface area contributed by atoms with E-state index in [1.165, 1.54) is 6.07 Å². The number of nitrogens with one attached hydrogen (secondary N) is 1. The van der Waals surface area contributed by atoms with Crippen LogP contribution in [0, 0.1) is 51.7 Å². The van der Waals surface area contributed by atoms with E-state index in [1.807, 2.05) is 21.9 Å². The summed E-state index contributed by atoms with van der Waals surface area (Å²) in [4.78, 5) is 76.4. The van der Waals surface area contributed by atoms with Gasteiger partial charge in [0, 0.05) is 54.9 Å². The van der Waals surface area contributed by atoms with Crippen LogP contribution in [0.15, 0.2) is 42.5 Å². The number of nitriles is 1. The molecule has 326 valence electrons. The van der Waals surface area contributed by atoms with Crippen molar-refractivity contribution in [3.05, 3.63) is 86.9 Å². The number of anilines is 1. The number of halogens is 2. The summed E-state index contributed by atoms with van der Waals surface area (Å²) in [6.07, 6.45) is 3.44. The number of hydrogen-bond donors (Lipinski definition) is 1. The molecule has 0 spiro atoms. The number of benzene rings is 2. The lowest BCUT2D eigenvalue weighted by Gasteiger charge is -2.65. The summed E-state index contributed by atoms with van der Waals surface area (Å²) in [6.45, 7) is 12.9. The molecule has 1 saturated carbocycles. The van der Waals surface area contributed by atoms with Crippen LogP contribution in [0.4, 0.5) is 10.1 Å². The first-order valence-electron chi connectivity index (χ1n) is 21.8. The molecule has 3 aromatic rings. The maximum Gasteiger partial charge on any atom is 0.262 e. The van der Waals surface area contributed by atoms with E-state index >= 15 is 4.39 Å². The fourth-order valence-corrected chi connectivity index (χ4v) is 11.6. The van der Waals surface area contributed by atoms with E-state index in [0.717, 1.165) is 62.0 Å². The number of imide groups is 2. The van der Waals surface area contributed by atoms with Crippen molar-refractivity contribution in [3.63, 3.8) is 0 Å². The standard InChI is InChI=1S/C48H49ClFN7O6/c1-47(2)45(48(3,4)46(47)63-31-9-6-29(24-51)35(49)21-31)56-26-37-32(42(56)60)10-8-30(52-37)7-5-27-13-17-54(18-14-27)25-28-15-19-55(20-16-28)39-23-34-33(22-36(39)50)43(61)57(44(34)62)38-11-12-40(58)53-41(38)59/h6,8-10,21-23,27-28,38,45-46H,11-20,25-26H2,1-4H3,(H,53,58,59)/t38?,45-,46-. The minimum absolute atomic E-state index is 0.0159. The molecule has 0 radical (unpaired) electrons. The van der Waals surface area contributed by atoms with Gasteiger partial charge in [0.2, 0.25) is 11.8 Å². The van der Waals surface area contributed by atoms with Crippen molar-refractivity contribution in [2.24, 2.45) is 22.7 Å². The Labute approximate surface area is 370 Å². The molecule has 63 heavy (non-hydrogen) atoms. The van der Waals surface area contributed by atoms with Gasteiger partial charge in [0.1, 0.15) is 35.5 Å². The Bertz CT molecular complexity index is 2550. The van der Waals surface area contributed by atoms with Crippen LogP contribution in [0.3, 0.4) is 0 Å². The average Bonchev–Trinajstić information content (AvgIpc) is 3.68. The zero-order valence-electron chi connectivity index (χ0n) is 35.8. The molecule has 1 atom stereocenters. The van der Waals surface area contributed by atoms with Gasteiger partial charge in [0.25, 0.3) is 17.7 Å². The first-order valence-corrected chi connectivity index (χ1v) is 22.1. The molecule has 5 aliphatic heterocycles. The quantitative estimate of drug-likeness (QED) is 0.222. The number of carbonyl (C=O) groups is 5. The van der Waals surface area contributed by atoms with Crippen LogP contribution in [0.5, 0.6) is 5.75 Å². The third-order valence-electron chi connectivity index (χ3n) is 14.1. The van der Waals surface area contributed by atoms with E-state index in [-0.39, 0.29) is 64.5 Å². The van der Waals surface area contributed by atoms with E-state index < -0.39 is 35.5 Å². The van der Waals surface area contributed by atoms with Crippen molar-refractivity contribution in [1.82, 2.24) is 25.0 Å². The average molecular weight is 874 g/mol. The van der Waals surface area contributed by atoms with E-state index in [0.29, 0.717) is 53.1 Å². The number of nitrogens with zero attached hydrogens (tertiary/aromatic N) is 6. The number of ether oxygens (including phenoxy) is 1. The van der Waals surface area contributed by atoms with E-state index in [4.69, 9.17) is 21.3 Å². The lowest BCUT2D eigenvalue weighted by molar-refractivity contribution is -0.199. The largest absolute Gasteiger partial charge is 0.489 e. The maximum atomic E-state index is 15.5. The molecule has 2 aromatic carbocycles. The van der Waals surface area contributed by atoms with E-state index in [1.54, 1.807) is 18.2 Å². The van der Waals surface area contributed by atoms with Crippen molar-refractivity contribution >= 4 is 46.8 Å². The maximum absolute atomic E-state index is 15.5. The number of piperidine rings is 3. The molecular weight excluding hydrogens is 825 g/mol. The van der Waals surface area contributed by atoms with Gasteiger partial charge in [-0.3, -0.25) is 34.2 Å². The molecule has 6 aliphatic rings. The summed E-state index contributed by atoms with van der Waals surface area (Å²) in [5.74, 6) is 4.89. The van der Waals surface area contributed by atoms with Gasteiger partial charge < -0.3 is 19.4 Å². The Morgan fingerprint density at radius 2 is 1.57 bits per heavy atom. The molecule has 1 unspecified atom stereocenters. The predicted octanol–water partition coefficient (Wildman–Crippen LogP) is 5.97. The van der Waals surface area contributed by atoms with Gasteiger partial charge in [-0.05, 0) is 93.4 Å². The zero-order chi connectivity index (χ0) is 44.5. The van der Waals surface area contributed by atoms with Crippen LogP contribution in [-0.2, 0) is 16.1 Å². The first kappa shape index (κ1) is 42.5. The monoisotopic (exact) mass is 873 g/mol. The van der Waals surface area contributed by atoms with Crippen LogP contribution >= 0.6 is 11.6 Å². The molecule has 15 heteroatoms. The normalized spacial score (nSPS) is 24.6. The Balaban J connectivity index is 0.757. The number of aromatic nitrogens is 1. The van der Waals surface area contributed by atoms with Crippen LogP contribution < -0.4 is 15.0 Å². The summed E-state index contributed by atoms with van der Waals surface area (Å²) < 4.78 is 21.9. The first-order chi connectivity index (χ1) is 30.0. The minimum atomic E-state index is -1.10. The molecule has 1 N–H and O–H groups in total. The van der Waals surface area contributed by atoms with Crippen molar-refractivity contribution in [2.75, 3.05) is 37.6 Å². The number of likely N-dealkylation sites (tertiary alicyclic amines) is 1. The van der Waals surface area contributed by atoms with Crippen LogP contribution in [-0.4, -0.2) is 100 Å². The van der Waals surface area contributed by atoms with Gasteiger partial charge in [-0.15, -0.1) is 0 Å². The van der Waals surface area contributed by atoms with Gasteiger partial charge in [-0.2, -0.15) is 5.26 Å². The lowest BCUT2D eigenvalue weighted by atomic mass is 9.49. The second-order valence-electron chi connectivity index (χ2n) is 19.0. The van der Waals surface area contributed by atoms with Crippen LogP contribution in [0.2, 0.25) is 5.02 Å². The summed E-state index contributed by atoms with van der Waals surface area (Å²) in [7, 11) is 0. The number of pyridine rings is 1. The molecule has 1 aliphatic carbocycles. The third-order valence-corrected chi connectivity index (χ3v) is 14.5. The molecule has 4 fully saturated rings. The Morgan fingerprint density at radius 3 is 2.24 bits per heavy atom. The van der Waals surface area contributed by atoms with Crippen molar-refractivity contribution in [1.29, 1.82) is 5.26 Å². The van der Waals surface area contributed by atoms with Gasteiger partial charge in [0.05, 0.1) is 45.2 Å². The van der Waals surface area contributed by atoms with Gasteiger partial charge in [0.15, 0.2) is 0 Å². The van der Waals surface area contributed by atoms with Gasteiger partial charge in [-0.25, -0.2) is 9.37 Å². The van der Waals surface area contributed by atoms with E-state index in [2.05, 4.69) is 55.8 Å². The number of rotatable bonds is 7. The lowest BCUT2D eigenvalue weighted by Crippen LogP contribution is -2.74. The highest BCUT2D eigenvalue weighted by atomic mass is 35.5. The molecule has 1 aromatic heterocycles. The van der Waals surface area contributed by atoms with Crippen LogP contribution in [0.1, 0.15) is 114 Å². The Morgan fingerprint density at radius 1 is 0.873 bits per heavy atom. The molecule has 9 rings (SSSR count). The summed E-state index contributed by atoms with van der Waals surface area (Å²) in [6, 6.07) is 12.2. The predicted molar refractivity (Wildman–Crippen MR) is 230 cm³/mol. The fraction of sp³-hybridized carbons (Fsp3) is 0.479. The number of amides is 5. The molecule has 6 heterocycles. The summed E-state index contributed by atoms with van der Waals surface area (Å²) in [5, 5.41) is 11.8. The number of fused-ring (bicyclic) bond motifs is 2. The molecular formula is C48H49ClFN7O6. The van der Waals surface area contributed by atoms with Gasteiger partial charge >= 0.3 is 0 Å². The highest BCUT2D eigenvalue weighted by molar-refractivity contribution is 6.31. The second kappa shape index (κ2) is 16.1. The fourth-order valence-electron chi connectivity index (χ4n) is 11.4. The number of carbonyl (C=O) groups excluding carboxylic acids is 5. The molecule has 3 saturated heterocycles. The highest BCUT2D eigenvalue weighted by Gasteiger charge is 2.67. The Hall–Kier alpha value is -5.83. The van der Waals surface area contributed by atoms with Crippen LogP contribution in [0.25, 0.3) is 0 Å². The third kappa shape index (κ3) is 7.51. The molecule has 5 amide bonds. The van der Waals surface area contributed by atoms with E-state index in [9.17, 15) is 29.2 Å². The number of hydrogen-bond acceptors (Lipinski definition) is 10. The molecule has 13 nitrogen and oxygen atoms in total. The zero-order valence-corrected chi connectivity index (χ0v) is 36.6. The van der Waals surface area contributed by atoms with Crippen molar-refractivity contribution < 1.29 is 33.1 Å². The van der Waals surface area contributed by atoms with Crippen molar-refractivity contribution in [2.45, 2.75) is 91.0 Å². The van der Waals surface area contributed by atoms with Crippen molar-refractivity contribution in [3.8, 4) is 23.7 Å². The topological polar surface area (TPSA) is 156 Å². The Kier molecular flexibility index (Phi) is 10.8. The summed E-state index contributed by atoms with van der Waals surface area (Å²) in [5.41, 5.74) is 1.93. The molecule has 0 bridgehead atoms. The SMILES string of the molecule is CC1(C)[C@H](Oc2ccc(C#N)c(Cl)c2)C(C)(C)[C@H]1N1Cc2nc(C#CC3CCN(CC4CCN(c5cc6c(cc5F)C(=O)N(C5CCC(=O)NC5=O)C6=O)CC4)CC3)ccc2C1=O. The summed E-state index contributed by atoms with van der Waals surface area (Å²) >= 11 is 6.29. The van der Waals surface area contributed by atoms with Gasteiger partial charge in [-0.1, -0.05) is 45.2 Å². The highest BCUT2D eigenvalue weighted by Crippen LogP contribution is 2.59. The smallest absolute Gasteiger partial charge is 0.262 e. The minimum Gasteiger partial charge on any atom is -0.489 e.